The van der Waals surface area contributed by atoms with Crippen molar-refractivity contribution in [3.05, 3.63) is 34.4 Å². The van der Waals surface area contributed by atoms with Gasteiger partial charge in [0.1, 0.15) is 0 Å². The summed E-state index contributed by atoms with van der Waals surface area (Å²) in [6.45, 7) is 6.58. The average Bonchev–Trinajstić information content (AvgIpc) is 2.28. The Hall–Kier alpha value is -0.820. The SMILES string of the molecule is Cc1cc(C)c(C(N)C2CCCCC2)c(C)c1. The first-order chi connectivity index (χ1) is 8.09. The van der Waals surface area contributed by atoms with Crippen LogP contribution in [0.5, 0.6) is 0 Å². The van der Waals surface area contributed by atoms with Crippen LogP contribution in [0.1, 0.15) is 60.4 Å². The van der Waals surface area contributed by atoms with E-state index in [1.807, 2.05) is 0 Å². The average molecular weight is 231 g/mol. The van der Waals surface area contributed by atoms with E-state index in [4.69, 9.17) is 5.73 Å². The quantitative estimate of drug-likeness (QED) is 0.811. The molecule has 0 radical (unpaired) electrons. The lowest BCUT2D eigenvalue weighted by Crippen LogP contribution is -2.25. The minimum atomic E-state index is 0.246. The fourth-order valence-corrected chi connectivity index (χ4v) is 3.45. The van der Waals surface area contributed by atoms with Crippen LogP contribution in [0.15, 0.2) is 12.1 Å². The summed E-state index contributed by atoms with van der Waals surface area (Å²) in [5.74, 6) is 0.698. The lowest BCUT2D eigenvalue weighted by Gasteiger charge is -2.30. The molecule has 1 aliphatic rings. The minimum absolute atomic E-state index is 0.246. The molecule has 1 fully saturated rings. The van der Waals surface area contributed by atoms with Crippen LogP contribution in [-0.4, -0.2) is 0 Å². The van der Waals surface area contributed by atoms with Gasteiger partial charge in [-0.15, -0.1) is 0 Å². The van der Waals surface area contributed by atoms with E-state index in [9.17, 15) is 0 Å². The van der Waals surface area contributed by atoms with Crippen LogP contribution in [0.4, 0.5) is 0 Å². The van der Waals surface area contributed by atoms with Crippen LogP contribution in [0.3, 0.4) is 0 Å². The molecule has 0 aromatic heterocycles. The van der Waals surface area contributed by atoms with Crippen molar-refractivity contribution >= 4 is 0 Å². The van der Waals surface area contributed by atoms with Crippen molar-refractivity contribution in [2.75, 3.05) is 0 Å². The van der Waals surface area contributed by atoms with Crippen molar-refractivity contribution in [2.24, 2.45) is 11.7 Å². The number of hydrogen-bond donors (Lipinski definition) is 1. The van der Waals surface area contributed by atoms with Gasteiger partial charge in [0.25, 0.3) is 0 Å². The molecule has 2 N–H and O–H groups in total. The van der Waals surface area contributed by atoms with E-state index in [0.717, 1.165) is 0 Å². The van der Waals surface area contributed by atoms with Crippen LogP contribution in [-0.2, 0) is 0 Å². The van der Waals surface area contributed by atoms with E-state index < -0.39 is 0 Å². The summed E-state index contributed by atoms with van der Waals surface area (Å²) in [6, 6.07) is 4.78. The van der Waals surface area contributed by atoms with Gasteiger partial charge in [0, 0.05) is 6.04 Å². The van der Waals surface area contributed by atoms with Gasteiger partial charge in [-0.1, -0.05) is 37.0 Å². The van der Waals surface area contributed by atoms with Crippen LogP contribution >= 0.6 is 0 Å². The Bertz CT molecular complexity index is 366. The summed E-state index contributed by atoms with van der Waals surface area (Å²) in [6.07, 6.45) is 6.75. The van der Waals surface area contributed by atoms with Crippen LogP contribution < -0.4 is 5.73 Å². The molecule has 94 valence electrons. The third-order valence-corrected chi connectivity index (χ3v) is 4.23. The van der Waals surface area contributed by atoms with Crippen LogP contribution in [0, 0.1) is 26.7 Å². The Morgan fingerprint density at radius 3 is 2.06 bits per heavy atom. The predicted molar refractivity (Wildman–Crippen MR) is 74.2 cm³/mol. The van der Waals surface area contributed by atoms with E-state index in [1.54, 1.807) is 0 Å². The largest absolute Gasteiger partial charge is 0.324 e. The molecule has 1 aromatic carbocycles. The Morgan fingerprint density at radius 2 is 1.53 bits per heavy atom. The topological polar surface area (TPSA) is 26.0 Å². The summed E-state index contributed by atoms with van der Waals surface area (Å²) in [5.41, 5.74) is 12.0. The molecule has 0 saturated heterocycles. The lowest BCUT2D eigenvalue weighted by atomic mass is 9.79. The first kappa shape index (κ1) is 12.6. The van der Waals surface area contributed by atoms with E-state index in [0.29, 0.717) is 5.92 Å². The van der Waals surface area contributed by atoms with Crippen LogP contribution in [0.2, 0.25) is 0 Å². The Labute approximate surface area is 105 Å². The summed E-state index contributed by atoms with van der Waals surface area (Å²) in [4.78, 5) is 0. The fourth-order valence-electron chi connectivity index (χ4n) is 3.45. The minimum Gasteiger partial charge on any atom is -0.324 e. The molecule has 1 aliphatic carbocycles. The molecular formula is C16H25N. The van der Waals surface area contributed by atoms with Gasteiger partial charge in [0.15, 0.2) is 0 Å². The highest BCUT2D eigenvalue weighted by molar-refractivity contribution is 5.39. The molecule has 0 bridgehead atoms. The summed E-state index contributed by atoms with van der Waals surface area (Å²) in [5, 5.41) is 0. The zero-order valence-electron chi connectivity index (χ0n) is 11.4. The zero-order chi connectivity index (χ0) is 12.4. The standard InChI is InChI=1S/C16H25N/c1-11-9-12(2)15(13(3)10-11)16(17)14-7-5-4-6-8-14/h9-10,14,16H,4-8,17H2,1-3H3. The van der Waals surface area contributed by atoms with Gasteiger partial charge in [-0.25, -0.2) is 0 Å². The molecule has 1 nitrogen and oxygen atoms in total. The van der Waals surface area contributed by atoms with E-state index in [-0.39, 0.29) is 6.04 Å². The van der Waals surface area contributed by atoms with Gasteiger partial charge in [0.05, 0.1) is 0 Å². The molecule has 1 unspecified atom stereocenters. The molecule has 0 spiro atoms. The van der Waals surface area contributed by atoms with Gasteiger partial charge in [0.2, 0.25) is 0 Å². The third-order valence-electron chi connectivity index (χ3n) is 4.23. The molecule has 2 rings (SSSR count). The molecule has 1 atom stereocenters. The molecule has 1 heteroatoms. The molecular weight excluding hydrogens is 206 g/mol. The van der Waals surface area contributed by atoms with Crippen molar-refractivity contribution in [2.45, 2.75) is 58.9 Å². The molecule has 0 amide bonds. The molecule has 0 aliphatic heterocycles. The van der Waals surface area contributed by atoms with E-state index >= 15 is 0 Å². The fraction of sp³-hybridized carbons (Fsp3) is 0.625. The van der Waals surface area contributed by atoms with E-state index in [1.165, 1.54) is 54.4 Å². The number of rotatable bonds is 2. The van der Waals surface area contributed by atoms with Gasteiger partial charge in [-0.2, -0.15) is 0 Å². The third kappa shape index (κ3) is 2.71. The number of benzene rings is 1. The highest BCUT2D eigenvalue weighted by atomic mass is 14.7. The highest BCUT2D eigenvalue weighted by Crippen LogP contribution is 2.35. The second-order valence-corrected chi connectivity index (χ2v) is 5.74. The summed E-state index contributed by atoms with van der Waals surface area (Å²) < 4.78 is 0. The van der Waals surface area contributed by atoms with Gasteiger partial charge in [-0.3, -0.25) is 0 Å². The predicted octanol–water partition coefficient (Wildman–Crippen LogP) is 4.19. The first-order valence-electron chi connectivity index (χ1n) is 6.93. The summed E-state index contributed by atoms with van der Waals surface area (Å²) >= 11 is 0. The van der Waals surface area contributed by atoms with Gasteiger partial charge in [-0.05, 0) is 56.2 Å². The Balaban J connectivity index is 2.26. The maximum absolute atomic E-state index is 6.52. The zero-order valence-corrected chi connectivity index (χ0v) is 11.4. The smallest absolute Gasteiger partial charge is 0.0328 e. The van der Waals surface area contributed by atoms with Crippen molar-refractivity contribution in [1.82, 2.24) is 0 Å². The van der Waals surface area contributed by atoms with E-state index in [2.05, 4.69) is 32.9 Å². The van der Waals surface area contributed by atoms with Crippen molar-refractivity contribution < 1.29 is 0 Å². The Morgan fingerprint density at radius 1 is 1.00 bits per heavy atom. The lowest BCUT2D eigenvalue weighted by molar-refractivity contribution is 0.307. The van der Waals surface area contributed by atoms with Crippen molar-refractivity contribution in [3.8, 4) is 0 Å². The maximum Gasteiger partial charge on any atom is 0.0328 e. The van der Waals surface area contributed by atoms with Crippen LogP contribution in [0.25, 0.3) is 0 Å². The second kappa shape index (κ2) is 5.22. The number of aryl methyl sites for hydroxylation is 3. The molecule has 1 saturated carbocycles. The van der Waals surface area contributed by atoms with Gasteiger partial charge >= 0.3 is 0 Å². The summed E-state index contributed by atoms with van der Waals surface area (Å²) in [7, 11) is 0. The number of nitrogens with two attached hydrogens (primary N) is 1. The first-order valence-corrected chi connectivity index (χ1v) is 6.93. The highest BCUT2D eigenvalue weighted by Gasteiger charge is 2.24. The molecule has 17 heavy (non-hydrogen) atoms. The number of hydrogen-bond acceptors (Lipinski definition) is 1. The maximum atomic E-state index is 6.52. The monoisotopic (exact) mass is 231 g/mol. The van der Waals surface area contributed by atoms with Gasteiger partial charge < -0.3 is 5.73 Å². The van der Waals surface area contributed by atoms with Crippen molar-refractivity contribution in [3.63, 3.8) is 0 Å². The second-order valence-electron chi connectivity index (χ2n) is 5.74. The normalized spacial score (nSPS) is 19.3. The van der Waals surface area contributed by atoms with Crippen molar-refractivity contribution in [1.29, 1.82) is 0 Å². The Kier molecular flexibility index (Phi) is 3.88. The molecule has 1 aromatic rings. The molecule has 0 heterocycles.